The van der Waals surface area contributed by atoms with Gasteiger partial charge in [-0.05, 0) is 0 Å². The Bertz CT molecular complexity index is 6.00. The molecule has 0 aliphatic carbocycles. The van der Waals surface area contributed by atoms with Crippen LogP contribution in [0, 0.1) is 11.3 Å². The molecule has 0 fully saturated rings. The van der Waals surface area contributed by atoms with Gasteiger partial charge < -0.3 is 4.66 Å². The van der Waals surface area contributed by atoms with Gasteiger partial charge in [0.15, 0.2) is 0 Å². The van der Waals surface area contributed by atoms with E-state index in [-0.39, 0.29) is 30.8 Å². The van der Waals surface area contributed by atoms with Crippen LogP contribution in [0.3, 0.4) is 0 Å². The van der Waals surface area contributed by atoms with Gasteiger partial charge in [-0.25, -0.2) is 0 Å². The average molecular weight is 134 g/mol. The van der Waals surface area contributed by atoms with Crippen molar-refractivity contribution in [3.63, 3.8) is 0 Å². The maximum absolute atomic E-state index is 8.35. The van der Waals surface area contributed by atoms with Gasteiger partial charge in [-0.15, -0.1) is 4.66 Å². The van der Waals surface area contributed by atoms with E-state index in [0.717, 1.165) is 0 Å². The van der Waals surface area contributed by atoms with Crippen LogP contribution in [0.2, 0.25) is 0 Å². The summed E-state index contributed by atoms with van der Waals surface area (Å²) >= 11 is -0.167. The third-order valence-corrected chi connectivity index (χ3v) is 0. The summed E-state index contributed by atoms with van der Waals surface area (Å²) in [4.78, 5) is 0. The quantitative estimate of drug-likeness (QED) is 0.399. The molecule has 0 heterocycles. The van der Waals surface area contributed by atoms with E-state index in [1.165, 1.54) is 0 Å². The van der Waals surface area contributed by atoms with E-state index >= 15 is 0 Å². The van der Waals surface area contributed by atoms with Crippen LogP contribution in [0.5, 0.6) is 0 Å². The van der Waals surface area contributed by atoms with Gasteiger partial charge in [-0.3, -0.25) is 0 Å². The molecule has 0 saturated heterocycles. The third-order valence-electron chi connectivity index (χ3n) is 0. The Labute approximate surface area is 40.7 Å². The second-order valence-corrected chi connectivity index (χ2v) is 0.207. The van der Waals surface area contributed by atoms with E-state index in [9.17, 15) is 0 Å². The number of hydrogen-bond donors (Lipinski definition) is 1. The van der Waals surface area contributed by atoms with Crippen LogP contribution in [0.15, 0.2) is 0 Å². The fraction of sp³-hybridized carbons (Fsp3) is 0. The zero-order valence-electron chi connectivity index (χ0n) is 1.94. The van der Waals surface area contributed by atoms with Crippen LogP contribution < -0.4 is 4.66 Å². The van der Waals surface area contributed by atoms with Crippen molar-refractivity contribution >= 4 is 0 Å². The van der Waals surface area contributed by atoms with Crippen molar-refractivity contribution in [2.75, 3.05) is 0 Å². The van der Waals surface area contributed by atoms with Crippen molar-refractivity contribution in [2.45, 2.75) is 0 Å². The second kappa shape index (κ2) is 9.16. The topological polar surface area (TPSA) is 43.3 Å². The molecule has 22 valence electrons. The van der Waals surface area contributed by atoms with Gasteiger partial charge in [0.05, 0.1) is 0 Å². The standard InChI is InChI=1S/ClHO2.Zn/c2-1-3;/h2H;. The summed E-state index contributed by atoms with van der Waals surface area (Å²) in [5, 5.41) is 0. The fourth-order valence-electron chi connectivity index (χ4n) is 0. The Morgan fingerprint density at radius 3 is 1.75 bits per heavy atom. The summed E-state index contributed by atoms with van der Waals surface area (Å²) in [7, 11) is 0. The number of rotatable bonds is 0. The van der Waals surface area contributed by atoms with Crippen LogP contribution >= 0.6 is 0 Å². The molecule has 0 saturated carbocycles. The first-order valence-electron chi connectivity index (χ1n) is 0.323. The van der Waals surface area contributed by atoms with Crippen molar-refractivity contribution in [3.05, 3.63) is 0 Å². The molecule has 0 amide bonds. The predicted octanol–water partition coefficient (Wildman–Crippen LogP) is -1.75. The van der Waals surface area contributed by atoms with Gasteiger partial charge in [0, 0.05) is 19.5 Å². The molecular weight excluding hydrogens is 133 g/mol. The average Bonchev–Trinajstić information content (AvgIpc) is 0.918. The molecule has 0 aromatic rings. The van der Waals surface area contributed by atoms with Crippen molar-refractivity contribution in [3.8, 4) is 0 Å². The molecule has 0 aliphatic heterocycles. The van der Waals surface area contributed by atoms with E-state index < -0.39 is 0 Å². The van der Waals surface area contributed by atoms with E-state index in [0.29, 0.717) is 0 Å². The molecule has 0 aliphatic rings. The monoisotopic (exact) mass is 132 g/mol. The molecule has 4 heavy (non-hydrogen) atoms. The Kier molecular flexibility index (Phi) is 20.3. The molecular formula is HClO2Zn. The first-order chi connectivity index (χ1) is 1.41. The molecule has 4 heteroatoms. The molecule has 0 spiro atoms. The largest absolute Gasteiger partial charge is 0.506 e. The minimum atomic E-state index is -0.167. The van der Waals surface area contributed by atoms with Gasteiger partial charge in [0.1, 0.15) is 0 Å². The van der Waals surface area contributed by atoms with Crippen molar-refractivity contribution in [2.24, 2.45) is 0 Å². The summed E-state index contributed by atoms with van der Waals surface area (Å²) in [6.07, 6.45) is 0. The molecule has 0 atom stereocenters. The van der Waals surface area contributed by atoms with Gasteiger partial charge in [0.2, 0.25) is 0 Å². The second-order valence-electron chi connectivity index (χ2n) is 0.0690. The van der Waals surface area contributed by atoms with Gasteiger partial charge in [-0.2, -0.15) is 0 Å². The first kappa shape index (κ1) is 8.85. The maximum Gasteiger partial charge on any atom is 0.327 e. The fourth-order valence-corrected chi connectivity index (χ4v) is 0. The SMILES string of the molecule is [O-][Cl+]O.[Zn]. The maximum atomic E-state index is 8.35. The van der Waals surface area contributed by atoms with E-state index in [2.05, 4.69) is 0 Å². The van der Waals surface area contributed by atoms with Crippen LogP contribution in [-0.2, 0) is 19.5 Å². The number of hydrogen-bond acceptors (Lipinski definition) is 2. The molecule has 0 aromatic carbocycles. The Morgan fingerprint density at radius 1 is 1.75 bits per heavy atom. The van der Waals surface area contributed by atoms with Crippen LogP contribution in [0.25, 0.3) is 0 Å². The predicted molar refractivity (Wildman–Crippen MR) is 2.22 cm³/mol. The molecule has 0 bridgehead atoms. The summed E-state index contributed by atoms with van der Waals surface area (Å²) in [5.74, 6) is 0. The van der Waals surface area contributed by atoms with Crippen molar-refractivity contribution in [1.82, 2.24) is 0 Å². The van der Waals surface area contributed by atoms with Gasteiger partial charge in [-0.1, -0.05) is 0 Å². The van der Waals surface area contributed by atoms with Crippen molar-refractivity contribution in [1.29, 1.82) is 0 Å². The first-order valence-corrected chi connectivity index (χ1v) is 0.970. The zero-order chi connectivity index (χ0) is 2.71. The Morgan fingerprint density at radius 2 is 1.75 bits per heavy atom. The van der Waals surface area contributed by atoms with Crippen LogP contribution in [0.4, 0.5) is 0 Å². The summed E-state index contributed by atoms with van der Waals surface area (Å²) < 4.78 is 15.2. The van der Waals surface area contributed by atoms with Gasteiger partial charge >= 0.3 is 11.3 Å². The molecule has 0 aromatic heterocycles. The summed E-state index contributed by atoms with van der Waals surface area (Å²) in [6, 6.07) is 0. The smallest absolute Gasteiger partial charge is 0.327 e. The minimum Gasteiger partial charge on any atom is -0.506 e. The molecule has 2 nitrogen and oxygen atoms in total. The normalized spacial score (nSPS) is 4.50. The molecule has 0 unspecified atom stereocenters. The summed E-state index contributed by atoms with van der Waals surface area (Å²) in [5.41, 5.74) is 0. The molecule has 0 radical (unpaired) electrons. The minimum absolute atomic E-state index is 0. The molecule has 0 rings (SSSR count). The zero-order valence-corrected chi connectivity index (χ0v) is 5.66. The van der Waals surface area contributed by atoms with Crippen LogP contribution in [-0.4, -0.2) is 4.66 Å². The third kappa shape index (κ3) is 13.7. The molecule has 1 N–H and O–H groups in total. The van der Waals surface area contributed by atoms with Gasteiger partial charge in [0.25, 0.3) is 0 Å². The summed E-state index contributed by atoms with van der Waals surface area (Å²) in [6.45, 7) is 0. The Hall–Kier alpha value is 0.833. The van der Waals surface area contributed by atoms with E-state index in [1.807, 2.05) is 0 Å². The Balaban J connectivity index is 0. The number of halogens is 1. The van der Waals surface area contributed by atoms with E-state index in [4.69, 9.17) is 9.32 Å². The van der Waals surface area contributed by atoms with Crippen molar-refractivity contribution < 1.29 is 40.1 Å². The van der Waals surface area contributed by atoms with Crippen LogP contribution in [0.1, 0.15) is 0 Å². The van der Waals surface area contributed by atoms with E-state index in [1.54, 1.807) is 0 Å².